The van der Waals surface area contributed by atoms with Crippen LogP contribution >= 0.6 is 0 Å². The van der Waals surface area contributed by atoms with Gasteiger partial charge in [0.05, 0.1) is 12.2 Å². The van der Waals surface area contributed by atoms with Crippen LogP contribution in [0.5, 0.6) is 0 Å². The third kappa shape index (κ3) is 5.96. The molecule has 0 spiro atoms. The van der Waals surface area contributed by atoms with Gasteiger partial charge in [-0.3, -0.25) is 4.79 Å². The zero-order chi connectivity index (χ0) is 14.6. The summed E-state index contributed by atoms with van der Waals surface area (Å²) in [5.41, 5.74) is -1.52. The minimum absolute atomic E-state index is 0.00661. The van der Waals surface area contributed by atoms with Crippen molar-refractivity contribution in [3.63, 3.8) is 0 Å². The lowest BCUT2D eigenvalue weighted by Gasteiger charge is -2.30. The lowest BCUT2D eigenvalue weighted by molar-refractivity contribution is -0.147. The van der Waals surface area contributed by atoms with E-state index in [0.717, 1.165) is 6.42 Å². The Balaban J connectivity index is 4.40. The monoisotopic (exact) mass is 258 g/mol. The summed E-state index contributed by atoms with van der Waals surface area (Å²) < 4.78 is 5.67. The van der Waals surface area contributed by atoms with Crippen molar-refractivity contribution in [1.82, 2.24) is 0 Å². The first-order chi connectivity index (χ1) is 8.01. The molecule has 0 aromatic carbocycles. The number of hydrogen-bond donors (Lipinski definition) is 1. The second-order valence-corrected chi connectivity index (χ2v) is 6.46. The number of ketones is 1. The van der Waals surface area contributed by atoms with Gasteiger partial charge in [0.1, 0.15) is 5.60 Å². The number of hydrogen-bond acceptors (Lipinski definition) is 3. The van der Waals surface area contributed by atoms with E-state index in [-0.39, 0.29) is 11.7 Å². The van der Waals surface area contributed by atoms with Crippen molar-refractivity contribution in [3.8, 4) is 0 Å². The fourth-order valence-corrected chi connectivity index (χ4v) is 1.79. The van der Waals surface area contributed by atoms with Gasteiger partial charge >= 0.3 is 0 Å². The molecule has 108 valence electrons. The first-order valence-electron chi connectivity index (χ1n) is 6.92. The summed E-state index contributed by atoms with van der Waals surface area (Å²) in [7, 11) is 0. The van der Waals surface area contributed by atoms with Gasteiger partial charge in [-0.25, -0.2) is 0 Å². The minimum Gasteiger partial charge on any atom is -0.390 e. The molecule has 2 atom stereocenters. The van der Waals surface area contributed by atoms with Crippen molar-refractivity contribution in [2.75, 3.05) is 6.61 Å². The molecule has 0 saturated carbocycles. The Kier molecular flexibility index (Phi) is 6.52. The third-order valence-electron chi connectivity index (χ3n) is 3.68. The lowest BCUT2D eigenvalue weighted by atomic mass is 9.83. The molecule has 0 aliphatic heterocycles. The van der Waals surface area contributed by atoms with E-state index < -0.39 is 11.2 Å². The van der Waals surface area contributed by atoms with E-state index in [4.69, 9.17) is 4.74 Å². The van der Waals surface area contributed by atoms with Crippen molar-refractivity contribution in [1.29, 1.82) is 0 Å². The van der Waals surface area contributed by atoms with Crippen molar-refractivity contribution in [2.24, 2.45) is 11.8 Å². The molecule has 3 heteroatoms. The maximum absolute atomic E-state index is 12.3. The number of aliphatic hydroxyl groups is 1. The molecule has 0 aromatic rings. The maximum atomic E-state index is 12.3. The smallest absolute Gasteiger partial charge is 0.167 e. The third-order valence-corrected chi connectivity index (χ3v) is 3.68. The van der Waals surface area contributed by atoms with Crippen molar-refractivity contribution < 1.29 is 14.6 Å². The highest BCUT2D eigenvalue weighted by Gasteiger charge is 2.34. The number of rotatable bonds is 8. The topological polar surface area (TPSA) is 46.5 Å². The predicted molar refractivity (Wildman–Crippen MR) is 74.6 cm³/mol. The molecule has 0 aromatic heterocycles. The Morgan fingerprint density at radius 1 is 1.22 bits per heavy atom. The molecule has 0 aliphatic rings. The van der Waals surface area contributed by atoms with E-state index in [9.17, 15) is 9.90 Å². The molecule has 2 unspecified atom stereocenters. The first kappa shape index (κ1) is 17.6. The summed E-state index contributed by atoms with van der Waals surface area (Å²) in [6.45, 7) is 13.7. The molecule has 0 heterocycles. The van der Waals surface area contributed by atoms with E-state index in [1.807, 2.05) is 20.8 Å². The Labute approximate surface area is 112 Å². The van der Waals surface area contributed by atoms with Crippen LogP contribution in [0.1, 0.15) is 61.3 Å². The quantitative estimate of drug-likeness (QED) is 0.727. The van der Waals surface area contributed by atoms with E-state index in [1.165, 1.54) is 0 Å². The van der Waals surface area contributed by atoms with Gasteiger partial charge in [-0.1, -0.05) is 27.2 Å². The standard InChI is InChI=1S/C15H30O3/c1-8-11(2)12(3)13(16)15(6,7)18-10-9-14(4,5)17/h11-12,17H,8-10H2,1-7H3. The van der Waals surface area contributed by atoms with Gasteiger partial charge in [0.25, 0.3) is 0 Å². The molecule has 0 fully saturated rings. The van der Waals surface area contributed by atoms with Gasteiger partial charge in [-0.2, -0.15) is 0 Å². The summed E-state index contributed by atoms with van der Waals surface area (Å²) in [4.78, 5) is 12.3. The van der Waals surface area contributed by atoms with E-state index in [0.29, 0.717) is 18.9 Å². The molecule has 0 bridgehead atoms. The number of carbonyl (C=O) groups is 1. The molecule has 1 N–H and O–H groups in total. The normalized spacial score (nSPS) is 16.4. The average molecular weight is 258 g/mol. The number of Topliss-reactive ketones (excluding diaryl/α,β-unsaturated/α-hetero) is 1. The molecule has 0 amide bonds. The minimum atomic E-state index is -0.770. The number of ether oxygens (including phenoxy) is 1. The van der Waals surface area contributed by atoms with Crippen LogP contribution in [0.2, 0.25) is 0 Å². The molecule has 0 radical (unpaired) electrons. The summed E-state index contributed by atoms with van der Waals surface area (Å²) in [5, 5.41) is 9.62. The summed E-state index contributed by atoms with van der Waals surface area (Å²) in [6, 6.07) is 0. The van der Waals surface area contributed by atoms with Gasteiger partial charge < -0.3 is 9.84 Å². The highest BCUT2D eigenvalue weighted by Crippen LogP contribution is 2.24. The van der Waals surface area contributed by atoms with Crippen LogP contribution in [0.15, 0.2) is 0 Å². The van der Waals surface area contributed by atoms with Crippen LogP contribution in [0, 0.1) is 11.8 Å². The molecular weight excluding hydrogens is 228 g/mol. The Hall–Kier alpha value is -0.410. The number of carbonyl (C=O) groups excluding carboxylic acids is 1. The van der Waals surface area contributed by atoms with E-state index in [2.05, 4.69) is 13.8 Å². The van der Waals surface area contributed by atoms with Gasteiger partial charge in [0, 0.05) is 5.92 Å². The summed E-state index contributed by atoms with van der Waals surface area (Å²) in [6.07, 6.45) is 1.52. The molecule has 0 saturated heterocycles. The van der Waals surface area contributed by atoms with Gasteiger partial charge in [-0.15, -0.1) is 0 Å². The highest BCUT2D eigenvalue weighted by atomic mass is 16.5. The predicted octanol–water partition coefficient (Wildman–Crippen LogP) is 3.19. The largest absolute Gasteiger partial charge is 0.390 e. The maximum Gasteiger partial charge on any atom is 0.167 e. The molecule has 0 rings (SSSR count). The van der Waals surface area contributed by atoms with Crippen LogP contribution in [-0.2, 0) is 9.53 Å². The van der Waals surface area contributed by atoms with Crippen molar-refractivity contribution in [2.45, 2.75) is 72.5 Å². The molecule has 0 aliphatic carbocycles. The fourth-order valence-electron chi connectivity index (χ4n) is 1.79. The first-order valence-corrected chi connectivity index (χ1v) is 6.92. The van der Waals surface area contributed by atoms with Crippen LogP contribution in [-0.4, -0.2) is 28.7 Å². The van der Waals surface area contributed by atoms with Gasteiger partial charge in [0.15, 0.2) is 5.78 Å². The Morgan fingerprint density at radius 2 is 1.72 bits per heavy atom. The summed E-state index contributed by atoms with van der Waals surface area (Å²) >= 11 is 0. The fraction of sp³-hybridized carbons (Fsp3) is 0.933. The molecule has 18 heavy (non-hydrogen) atoms. The molecular formula is C15H30O3. The molecule has 3 nitrogen and oxygen atoms in total. The van der Waals surface area contributed by atoms with Crippen LogP contribution in [0.3, 0.4) is 0 Å². The average Bonchev–Trinajstić information content (AvgIpc) is 2.23. The van der Waals surface area contributed by atoms with Gasteiger partial charge in [0.2, 0.25) is 0 Å². The second kappa shape index (κ2) is 6.67. The van der Waals surface area contributed by atoms with E-state index in [1.54, 1.807) is 13.8 Å². The second-order valence-electron chi connectivity index (χ2n) is 6.46. The zero-order valence-electron chi connectivity index (χ0n) is 13.0. The van der Waals surface area contributed by atoms with E-state index >= 15 is 0 Å². The lowest BCUT2D eigenvalue weighted by Crippen LogP contribution is -2.41. The van der Waals surface area contributed by atoms with Crippen molar-refractivity contribution >= 4 is 5.78 Å². The SMILES string of the molecule is CCC(C)C(C)C(=O)C(C)(C)OCCC(C)(C)O. The highest BCUT2D eigenvalue weighted by molar-refractivity contribution is 5.88. The summed E-state index contributed by atoms with van der Waals surface area (Å²) in [5.74, 6) is 0.523. The Morgan fingerprint density at radius 3 is 2.11 bits per heavy atom. The van der Waals surface area contributed by atoms with Crippen LogP contribution in [0.4, 0.5) is 0 Å². The van der Waals surface area contributed by atoms with Gasteiger partial charge in [-0.05, 0) is 40.0 Å². The van der Waals surface area contributed by atoms with Crippen molar-refractivity contribution in [3.05, 3.63) is 0 Å². The zero-order valence-corrected chi connectivity index (χ0v) is 13.0. The Bertz CT molecular complexity index is 263. The van der Waals surface area contributed by atoms with Crippen LogP contribution in [0.25, 0.3) is 0 Å². The van der Waals surface area contributed by atoms with Crippen LogP contribution < -0.4 is 0 Å².